The van der Waals surface area contributed by atoms with E-state index < -0.39 is 84.2 Å². The second-order valence-electron chi connectivity index (χ2n) is 6.78. The SMILES string of the molecule is O=C(NCCc1ccc(OC(=O)C(F)(F)C(F)(F)F)c(OC(=O)C(F)(F)C(F)(F)F)c1)C(F)(F)C(F)(F)F. The molecule has 0 heterocycles. The predicted octanol–water partition coefficient (Wildman–Crippen LogP) is 4.75. The topological polar surface area (TPSA) is 81.7 Å². The Hall–Kier alpha value is -3.42. The Morgan fingerprint density at radius 1 is 0.605 bits per heavy atom. The fourth-order valence-electron chi connectivity index (χ4n) is 1.99. The first kappa shape index (κ1) is 32.6. The molecule has 0 fully saturated rings. The van der Waals surface area contributed by atoms with Gasteiger partial charge in [0.25, 0.3) is 5.91 Å². The predicted molar refractivity (Wildman–Crippen MR) is 87.4 cm³/mol. The molecule has 38 heavy (non-hydrogen) atoms. The average Bonchev–Trinajstić information content (AvgIpc) is 2.72. The smallest absolute Gasteiger partial charge is 0.418 e. The molecule has 0 spiro atoms. The molecule has 0 unspecified atom stereocenters. The highest BCUT2D eigenvalue weighted by Crippen LogP contribution is 2.41. The fraction of sp³-hybridized carbons (Fsp3) is 0.471. The second kappa shape index (κ2) is 10.4. The van der Waals surface area contributed by atoms with Gasteiger partial charge in [-0.15, -0.1) is 0 Å². The Morgan fingerprint density at radius 3 is 1.39 bits per heavy atom. The van der Waals surface area contributed by atoms with Gasteiger partial charge < -0.3 is 14.8 Å². The molecule has 6 nitrogen and oxygen atoms in total. The Balaban J connectivity index is 3.29. The van der Waals surface area contributed by atoms with Gasteiger partial charge in [-0.2, -0.15) is 65.9 Å². The van der Waals surface area contributed by atoms with Gasteiger partial charge in [-0.25, -0.2) is 9.59 Å². The molecule has 1 aromatic rings. The van der Waals surface area contributed by atoms with Crippen molar-refractivity contribution in [2.24, 2.45) is 0 Å². The molecule has 0 bridgehead atoms. The highest BCUT2D eigenvalue weighted by atomic mass is 19.4. The monoisotopic (exact) mass is 591 g/mol. The van der Waals surface area contributed by atoms with E-state index in [9.17, 15) is 80.2 Å². The molecule has 0 saturated carbocycles. The number of alkyl halides is 15. The zero-order chi connectivity index (χ0) is 30.1. The van der Waals surface area contributed by atoms with Crippen molar-refractivity contribution in [3.05, 3.63) is 23.8 Å². The minimum absolute atomic E-state index is 0.0900. The number of ether oxygens (including phenoxy) is 2. The van der Waals surface area contributed by atoms with E-state index in [4.69, 9.17) is 0 Å². The van der Waals surface area contributed by atoms with Gasteiger partial charge in [0.15, 0.2) is 11.5 Å². The lowest BCUT2D eigenvalue weighted by atomic mass is 10.1. The zero-order valence-electron chi connectivity index (χ0n) is 17.4. The molecular weight excluding hydrogens is 583 g/mol. The van der Waals surface area contributed by atoms with Gasteiger partial charge in [0.1, 0.15) is 0 Å². The summed E-state index contributed by atoms with van der Waals surface area (Å²) in [6.45, 7) is -1.15. The molecule has 0 aliphatic carbocycles. The first-order chi connectivity index (χ1) is 16.8. The van der Waals surface area contributed by atoms with Gasteiger partial charge in [0.2, 0.25) is 0 Å². The molecule has 0 aromatic heterocycles. The number of carbonyl (C=O) groups excluding carboxylic acids is 3. The highest BCUT2D eigenvalue weighted by molar-refractivity contribution is 5.85. The number of esters is 2. The minimum Gasteiger partial charge on any atom is -0.418 e. The van der Waals surface area contributed by atoms with Crippen LogP contribution in [-0.2, 0) is 20.8 Å². The Morgan fingerprint density at radius 2 is 1.00 bits per heavy atom. The maximum absolute atomic E-state index is 13.2. The molecule has 0 saturated heterocycles. The van der Waals surface area contributed by atoms with Crippen LogP contribution in [-0.4, -0.2) is 60.7 Å². The molecule has 21 heteroatoms. The summed E-state index contributed by atoms with van der Waals surface area (Å²) in [6, 6.07) is 0.689. The van der Waals surface area contributed by atoms with E-state index in [1.165, 1.54) is 0 Å². The van der Waals surface area contributed by atoms with Crippen LogP contribution < -0.4 is 14.8 Å². The quantitative estimate of drug-likeness (QED) is 0.268. The number of halogens is 15. The van der Waals surface area contributed by atoms with Crippen molar-refractivity contribution in [2.45, 2.75) is 42.7 Å². The second-order valence-corrected chi connectivity index (χ2v) is 6.78. The van der Waals surface area contributed by atoms with Crippen molar-refractivity contribution in [3.8, 4) is 11.5 Å². The number of rotatable bonds is 8. The lowest BCUT2D eigenvalue weighted by Crippen LogP contribution is -2.50. The number of hydrogen-bond donors (Lipinski definition) is 1. The lowest BCUT2D eigenvalue weighted by Gasteiger charge is -2.21. The van der Waals surface area contributed by atoms with E-state index in [1.54, 1.807) is 0 Å². The molecule has 0 aliphatic heterocycles. The standard InChI is InChI=1S/C17H8F15NO5/c18-12(19,15(24,25)26)9(34)33-4-3-6-1-2-7(37-10(35)13(20,21)16(27,28)29)8(5-6)38-11(36)14(22,23)17(30,31)32/h1-2,5H,3-4H2,(H,33,34). The summed E-state index contributed by atoms with van der Waals surface area (Å²) in [5.74, 6) is -31.9. The molecular formula is C17H8F15NO5. The van der Waals surface area contributed by atoms with Crippen molar-refractivity contribution >= 4 is 17.8 Å². The summed E-state index contributed by atoms with van der Waals surface area (Å²) < 4.78 is 196. The van der Waals surface area contributed by atoms with Crippen molar-refractivity contribution in [2.75, 3.05) is 6.54 Å². The van der Waals surface area contributed by atoms with Crippen molar-refractivity contribution < 1.29 is 89.7 Å². The first-order valence-electron chi connectivity index (χ1n) is 8.96. The van der Waals surface area contributed by atoms with Crippen molar-refractivity contribution in [3.63, 3.8) is 0 Å². The Labute approximate surface area is 198 Å². The van der Waals surface area contributed by atoms with Crippen LogP contribution in [0.2, 0.25) is 0 Å². The summed E-state index contributed by atoms with van der Waals surface area (Å²) in [6.07, 6.45) is -20.4. The molecule has 1 rings (SSSR count). The van der Waals surface area contributed by atoms with Crippen molar-refractivity contribution in [1.82, 2.24) is 5.32 Å². The molecule has 0 radical (unpaired) electrons. The summed E-state index contributed by atoms with van der Waals surface area (Å²) in [4.78, 5) is 33.5. The maximum Gasteiger partial charge on any atom is 0.465 e. The van der Waals surface area contributed by atoms with Crippen LogP contribution in [0.25, 0.3) is 0 Å². The first-order valence-corrected chi connectivity index (χ1v) is 8.96. The van der Waals surface area contributed by atoms with E-state index in [-0.39, 0.29) is 12.1 Å². The van der Waals surface area contributed by atoms with Gasteiger partial charge >= 0.3 is 48.2 Å². The summed E-state index contributed by atoms with van der Waals surface area (Å²) in [5.41, 5.74) is -0.610. The van der Waals surface area contributed by atoms with E-state index in [1.807, 2.05) is 0 Å². The number of hydrogen-bond acceptors (Lipinski definition) is 5. The van der Waals surface area contributed by atoms with Gasteiger partial charge in [-0.1, -0.05) is 6.07 Å². The molecule has 1 aromatic carbocycles. The van der Waals surface area contributed by atoms with Crippen LogP contribution in [0, 0.1) is 0 Å². The fourth-order valence-corrected chi connectivity index (χ4v) is 1.99. The Bertz CT molecular complexity index is 1060. The van der Waals surface area contributed by atoms with E-state index >= 15 is 0 Å². The van der Waals surface area contributed by atoms with Crippen LogP contribution in [0.1, 0.15) is 5.56 Å². The third kappa shape index (κ3) is 6.91. The zero-order valence-corrected chi connectivity index (χ0v) is 17.4. The molecule has 0 atom stereocenters. The molecule has 1 amide bonds. The average molecular weight is 591 g/mol. The van der Waals surface area contributed by atoms with Crippen LogP contribution in [0.4, 0.5) is 65.9 Å². The number of carbonyl (C=O) groups is 3. The van der Waals surface area contributed by atoms with Crippen LogP contribution in [0.5, 0.6) is 11.5 Å². The normalized spacial score (nSPS) is 13.7. The maximum atomic E-state index is 13.2. The Kier molecular flexibility index (Phi) is 8.91. The van der Waals surface area contributed by atoms with Crippen LogP contribution in [0.15, 0.2) is 18.2 Å². The number of amides is 1. The highest BCUT2D eigenvalue weighted by Gasteiger charge is 2.66. The van der Waals surface area contributed by atoms with Gasteiger partial charge in [0, 0.05) is 6.54 Å². The van der Waals surface area contributed by atoms with E-state index in [2.05, 4.69) is 9.47 Å². The third-order valence-electron chi connectivity index (χ3n) is 3.98. The largest absolute Gasteiger partial charge is 0.465 e. The van der Waals surface area contributed by atoms with Gasteiger partial charge in [0.05, 0.1) is 0 Å². The van der Waals surface area contributed by atoms with Gasteiger partial charge in [-0.3, -0.25) is 4.79 Å². The van der Waals surface area contributed by atoms with Gasteiger partial charge in [-0.05, 0) is 24.1 Å². The van der Waals surface area contributed by atoms with E-state index in [0.29, 0.717) is 6.07 Å². The van der Waals surface area contributed by atoms with E-state index in [0.717, 1.165) is 5.32 Å². The summed E-state index contributed by atoms with van der Waals surface area (Å²) in [7, 11) is 0. The minimum atomic E-state index is -6.62. The summed E-state index contributed by atoms with van der Waals surface area (Å²) >= 11 is 0. The number of benzene rings is 1. The van der Waals surface area contributed by atoms with Crippen LogP contribution in [0.3, 0.4) is 0 Å². The lowest BCUT2D eigenvalue weighted by molar-refractivity contribution is -0.277. The molecule has 0 aliphatic rings. The third-order valence-corrected chi connectivity index (χ3v) is 3.98. The molecule has 1 N–H and O–H groups in total. The number of nitrogens with one attached hydrogen (secondary N) is 1. The van der Waals surface area contributed by atoms with Crippen molar-refractivity contribution in [1.29, 1.82) is 0 Å². The van der Waals surface area contributed by atoms with Crippen LogP contribution >= 0.6 is 0 Å². The molecule has 216 valence electrons. The summed E-state index contributed by atoms with van der Waals surface area (Å²) in [5, 5.41) is 1.07.